The quantitative estimate of drug-likeness (QED) is 0.462. The number of carbonyl (C=O) groups excluding carboxylic acids is 2. The van der Waals surface area contributed by atoms with Crippen molar-refractivity contribution in [2.24, 2.45) is 0 Å². The Balaban J connectivity index is 1.80. The predicted octanol–water partition coefficient (Wildman–Crippen LogP) is 5.14. The standard InChI is InChI=1S/C27H30N2O4S/c1-32-21-14-15-23(24(17-21)33-2)26(27(31)28-19-9-6-7-10-19)29(20-11-4-3-5-12-20)25(30)18-22-13-8-16-34-22/h3-5,8,11-17,19,26H,6-7,9-10,18H2,1-2H3,(H,28,31)/t26-/m0/s1. The number of thiophene rings is 1. The van der Waals surface area contributed by atoms with Crippen molar-refractivity contribution in [1.82, 2.24) is 5.32 Å². The van der Waals surface area contributed by atoms with E-state index < -0.39 is 6.04 Å². The highest BCUT2D eigenvalue weighted by Gasteiger charge is 2.36. The molecule has 0 saturated heterocycles. The summed E-state index contributed by atoms with van der Waals surface area (Å²) in [5.41, 5.74) is 1.27. The van der Waals surface area contributed by atoms with Crippen LogP contribution >= 0.6 is 11.3 Å². The average molecular weight is 479 g/mol. The summed E-state index contributed by atoms with van der Waals surface area (Å²) in [4.78, 5) is 30.2. The zero-order valence-electron chi connectivity index (χ0n) is 19.5. The van der Waals surface area contributed by atoms with Gasteiger partial charge in [0.15, 0.2) is 0 Å². The second-order valence-electron chi connectivity index (χ2n) is 8.36. The first kappa shape index (κ1) is 23.8. The molecule has 2 amide bonds. The minimum Gasteiger partial charge on any atom is -0.497 e. The van der Waals surface area contributed by atoms with E-state index in [0.717, 1.165) is 30.6 Å². The molecule has 1 saturated carbocycles. The van der Waals surface area contributed by atoms with Crippen molar-refractivity contribution in [3.05, 3.63) is 76.5 Å². The highest BCUT2D eigenvalue weighted by Crippen LogP contribution is 2.36. The highest BCUT2D eigenvalue weighted by atomic mass is 32.1. The van der Waals surface area contributed by atoms with Gasteiger partial charge >= 0.3 is 0 Å². The number of para-hydroxylation sites is 1. The van der Waals surface area contributed by atoms with Crippen LogP contribution in [-0.4, -0.2) is 32.1 Å². The molecule has 178 valence electrons. The summed E-state index contributed by atoms with van der Waals surface area (Å²) in [6, 6.07) is 17.8. The molecule has 34 heavy (non-hydrogen) atoms. The van der Waals surface area contributed by atoms with E-state index >= 15 is 0 Å². The van der Waals surface area contributed by atoms with Gasteiger partial charge in [-0.3, -0.25) is 14.5 Å². The maximum atomic E-state index is 13.9. The van der Waals surface area contributed by atoms with E-state index in [-0.39, 0.29) is 24.3 Å². The Hall–Kier alpha value is -3.32. The highest BCUT2D eigenvalue weighted by molar-refractivity contribution is 7.10. The number of hydrogen-bond acceptors (Lipinski definition) is 5. The van der Waals surface area contributed by atoms with Crippen LogP contribution in [0.4, 0.5) is 5.69 Å². The van der Waals surface area contributed by atoms with E-state index in [4.69, 9.17) is 9.47 Å². The molecule has 0 spiro atoms. The van der Waals surface area contributed by atoms with Crippen LogP contribution in [0.3, 0.4) is 0 Å². The maximum Gasteiger partial charge on any atom is 0.248 e. The number of nitrogens with one attached hydrogen (secondary N) is 1. The molecule has 0 aliphatic heterocycles. The molecular weight excluding hydrogens is 448 g/mol. The molecule has 3 aromatic rings. The summed E-state index contributed by atoms with van der Waals surface area (Å²) in [6.45, 7) is 0. The second kappa shape index (κ2) is 11.2. The number of carbonyl (C=O) groups is 2. The van der Waals surface area contributed by atoms with Crippen molar-refractivity contribution < 1.29 is 19.1 Å². The predicted molar refractivity (Wildman–Crippen MR) is 135 cm³/mol. The Morgan fingerprint density at radius 2 is 1.79 bits per heavy atom. The number of rotatable bonds is 9. The zero-order valence-corrected chi connectivity index (χ0v) is 20.3. The van der Waals surface area contributed by atoms with Gasteiger partial charge in [0, 0.05) is 28.2 Å². The second-order valence-corrected chi connectivity index (χ2v) is 9.39. The van der Waals surface area contributed by atoms with Crippen LogP contribution < -0.4 is 19.7 Å². The van der Waals surface area contributed by atoms with Crippen molar-refractivity contribution in [3.63, 3.8) is 0 Å². The Morgan fingerprint density at radius 3 is 2.44 bits per heavy atom. The van der Waals surface area contributed by atoms with Crippen molar-refractivity contribution in [3.8, 4) is 11.5 Å². The van der Waals surface area contributed by atoms with Crippen molar-refractivity contribution in [1.29, 1.82) is 0 Å². The number of methoxy groups -OCH3 is 2. The van der Waals surface area contributed by atoms with Crippen LogP contribution in [0.1, 0.15) is 42.2 Å². The van der Waals surface area contributed by atoms with Gasteiger partial charge in [-0.1, -0.05) is 37.1 Å². The summed E-state index contributed by atoms with van der Waals surface area (Å²) in [7, 11) is 3.14. The summed E-state index contributed by atoms with van der Waals surface area (Å²) in [5.74, 6) is 0.749. The van der Waals surface area contributed by atoms with Crippen LogP contribution in [-0.2, 0) is 16.0 Å². The third-order valence-electron chi connectivity index (χ3n) is 6.15. The largest absolute Gasteiger partial charge is 0.497 e. The zero-order chi connectivity index (χ0) is 23.9. The molecule has 1 fully saturated rings. The lowest BCUT2D eigenvalue weighted by atomic mass is 10.00. The lowest BCUT2D eigenvalue weighted by Gasteiger charge is -2.33. The molecule has 0 bridgehead atoms. The van der Waals surface area contributed by atoms with E-state index in [0.29, 0.717) is 22.7 Å². The number of amides is 2. The lowest BCUT2D eigenvalue weighted by Crippen LogP contribution is -2.47. The van der Waals surface area contributed by atoms with Crippen LogP contribution in [0.2, 0.25) is 0 Å². The van der Waals surface area contributed by atoms with Gasteiger partial charge in [-0.15, -0.1) is 11.3 Å². The number of ether oxygens (including phenoxy) is 2. The first-order valence-electron chi connectivity index (χ1n) is 11.5. The Labute approximate surface area is 204 Å². The molecular formula is C27H30N2O4S. The first-order chi connectivity index (χ1) is 16.6. The lowest BCUT2D eigenvalue weighted by molar-refractivity contribution is -0.127. The maximum absolute atomic E-state index is 13.9. The van der Waals surface area contributed by atoms with E-state index in [1.165, 1.54) is 11.3 Å². The van der Waals surface area contributed by atoms with E-state index in [1.54, 1.807) is 31.3 Å². The first-order valence-corrected chi connectivity index (χ1v) is 12.4. The van der Waals surface area contributed by atoms with Crippen LogP contribution in [0.15, 0.2) is 66.0 Å². The molecule has 4 rings (SSSR count). The molecule has 0 radical (unpaired) electrons. The van der Waals surface area contributed by atoms with E-state index in [2.05, 4.69) is 5.32 Å². The van der Waals surface area contributed by atoms with Crippen molar-refractivity contribution in [2.75, 3.05) is 19.1 Å². The van der Waals surface area contributed by atoms with Gasteiger partial charge in [0.2, 0.25) is 11.8 Å². The summed E-state index contributed by atoms with van der Waals surface area (Å²) in [5, 5.41) is 5.15. The molecule has 1 aliphatic rings. The van der Waals surface area contributed by atoms with Gasteiger partial charge < -0.3 is 14.8 Å². The monoisotopic (exact) mass is 478 g/mol. The smallest absolute Gasteiger partial charge is 0.248 e. The third kappa shape index (κ3) is 5.42. The number of nitrogens with zero attached hydrogens (tertiary/aromatic N) is 1. The molecule has 1 atom stereocenters. The molecule has 7 heteroatoms. The molecule has 6 nitrogen and oxygen atoms in total. The number of anilines is 1. The summed E-state index contributed by atoms with van der Waals surface area (Å²) >= 11 is 1.53. The fourth-order valence-electron chi connectivity index (χ4n) is 4.47. The Morgan fingerprint density at radius 1 is 1.03 bits per heavy atom. The summed E-state index contributed by atoms with van der Waals surface area (Å²) < 4.78 is 11.0. The average Bonchev–Trinajstić information content (AvgIpc) is 3.57. The number of hydrogen-bond donors (Lipinski definition) is 1. The molecule has 1 aliphatic carbocycles. The summed E-state index contributed by atoms with van der Waals surface area (Å²) in [6.07, 6.45) is 4.31. The van der Waals surface area contributed by atoms with Crippen molar-refractivity contribution >= 4 is 28.8 Å². The van der Waals surface area contributed by atoms with Crippen LogP contribution in [0.25, 0.3) is 0 Å². The minimum absolute atomic E-state index is 0.115. The Bertz CT molecular complexity index is 1100. The van der Waals surface area contributed by atoms with Crippen molar-refractivity contribution in [2.45, 2.75) is 44.2 Å². The van der Waals surface area contributed by atoms with Gasteiger partial charge in [0.25, 0.3) is 0 Å². The van der Waals surface area contributed by atoms with E-state index in [9.17, 15) is 9.59 Å². The molecule has 1 heterocycles. The Kier molecular flexibility index (Phi) is 7.85. The SMILES string of the molecule is COc1ccc([C@@H](C(=O)NC2CCCC2)N(C(=O)Cc2cccs2)c2ccccc2)c(OC)c1. The minimum atomic E-state index is -0.892. The van der Waals surface area contributed by atoms with Gasteiger partial charge in [0.05, 0.1) is 20.6 Å². The fraction of sp³-hybridized carbons (Fsp3) is 0.333. The third-order valence-corrected chi connectivity index (χ3v) is 7.03. The van der Waals surface area contributed by atoms with Gasteiger partial charge in [-0.25, -0.2) is 0 Å². The van der Waals surface area contributed by atoms with Crippen LogP contribution in [0.5, 0.6) is 11.5 Å². The molecule has 2 aromatic carbocycles. The van der Waals surface area contributed by atoms with Crippen LogP contribution in [0, 0.1) is 0 Å². The van der Waals surface area contributed by atoms with Gasteiger partial charge in [-0.05, 0) is 48.6 Å². The number of benzene rings is 2. The molecule has 0 unspecified atom stereocenters. The topological polar surface area (TPSA) is 67.9 Å². The van der Waals surface area contributed by atoms with E-state index in [1.807, 2.05) is 53.9 Å². The van der Waals surface area contributed by atoms with Gasteiger partial charge in [-0.2, -0.15) is 0 Å². The van der Waals surface area contributed by atoms with Gasteiger partial charge in [0.1, 0.15) is 17.5 Å². The molecule has 1 N–H and O–H groups in total. The normalized spacial score (nSPS) is 14.4. The fourth-order valence-corrected chi connectivity index (χ4v) is 5.16. The molecule has 1 aromatic heterocycles.